The molecule has 4 rings (SSSR count). The maximum atomic E-state index is 13.5. The summed E-state index contributed by atoms with van der Waals surface area (Å²) in [7, 11) is 1.90. The summed E-state index contributed by atoms with van der Waals surface area (Å²) in [5.41, 5.74) is 7.46. The van der Waals surface area contributed by atoms with Gasteiger partial charge in [-0.1, -0.05) is 17.4 Å². The lowest BCUT2D eigenvalue weighted by Crippen LogP contribution is -2.34. The fourth-order valence-corrected chi connectivity index (χ4v) is 4.27. The molecule has 0 saturated carbocycles. The Bertz CT molecular complexity index is 1410. The van der Waals surface area contributed by atoms with Crippen LogP contribution in [-0.4, -0.2) is 50.4 Å². The lowest BCUT2D eigenvalue weighted by Gasteiger charge is -2.21. The van der Waals surface area contributed by atoms with Crippen LogP contribution in [0.3, 0.4) is 0 Å². The van der Waals surface area contributed by atoms with E-state index in [0.717, 1.165) is 11.3 Å². The molecule has 0 aliphatic heterocycles. The molecule has 0 aliphatic rings. The van der Waals surface area contributed by atoms with Gasteiger partial charge in [-0.05, 0) is 37.3 Å². The first-order valence-electron chi connectivity index (χ1n) is 11.2. The van der Waals surface area contributed by atoms with E-state index in [0.29, 0.717) is 33.5 Å². The first kappa shape index (κ1) is 27.6. The number of pyridine rings is 1. The Morgan fingerprint density at radius 3 is 2.73 bits per heavy atom. The lowest BCUT2D eigenvalue weighted by atomic mass is 10.1. The van der Waals surface area contributed by atoms with Crippen molar-refractivity contribution in [2.45, 2.75) is 19.9 Å². The van der Waals surface area contributed by atoms with Gasteiger partial charge in [0.05, 0.1) is 41.7 Å². The van der Waals surface area contributed by atoms with Crippen LogP contribution in [0.15, 0.2) is 48.8 Å². The van der Waals surface area contributed by atoms with Crippen LogP contribution in [0, 0.1) is 5.41 Å². The number of aromatic nitrogens is 4. The van der Waals surface area contributed by atoms with E-state index >= 15 is 0 Å². The third-order valence-corrected chi connectivity index (χ3v) is 6.39. The van der Waals surface area contributed by atoms with Gasteiger partial charge < -0.3 is 20.4 Å². The van der Waals surface area contributed by atoms with Crippen LogP contribution in [0.5, 0.6) is 0 Å². The Kier molecular flexibility index (Phi) is 9.15. The minimum absolute atomic E-state index is 0. The summed E-state index contributed by atoms with van der Waals surface area (Å²) in [6.45, 7) is 2.56. The maximum absolute atomic E-state index is 13.5. The van der Waals surface area contributed by atoms with E-state index in [-0.39, 0.29) is 49.7 Å². The van der Waals surface area contributed by atoms with Crippen LogP contribution in [0.25, 0.3) is 11.0 Å². The molecular weight excluding hydrogens is 516 g/mol. The summed E-state index contributed by atoms with van der Waals surface area (Å²) < 4.78 is 6.96. The summed E-state index contributed by atoms with van der Waals surface area (Å²) in [6.07, 6.45) is 3.21. The molecule has 13 heteroatoms. The van der Waals surface area contributed by atoms with Crippen molar-refractivity contribution in [1.82, 2.24) is 19.5 Å². The largest absolute Gasteiger partial charge is 0.466 e. The molecule has 0 bridgehead atoms. The van der Waals surface area contributed by atoms with Gasteiger partial charge in [0, 0.05) is 25.4 Å². The Morgan fingerprint density at radius 1 is 1.24 bits per heavy atom. The number of anilines is 2. The number of amides is 1. The maximum Gasteiger partial charge on any atom is 0.307 e. The van der Waals surface area contributed by atoms with Crippen molar-refractivity contribution in [3.63, 3.8) is 0 Å². The van der Waals surface area contributed by atoms with Gasteiger partial charge in [0.15, 0.2) is 5.13 Å². The van der Waals surface area contributed by atoms with Gasteiger partial charge in [0.2, 0.25) is 0 Å². The average molecular weight is 543 g/mol. The van der Waals surface area contributed by atoms with E-state index in [4.69, 9.17) is 20.9 Å². The van der Waals surface area contributed by atoms with Gasteiger partial charge in [-0.2, -0.15) is 0 Å². The van der Waals surface area contributed by atoms with Gasteiger partial charge in [0.25, 0.3) is 5.91 Å². The van der Waals surface area contributed by atoms with Crippen molar-refractivity contribution in [3.05, 3.63) is 65.1 Å². The fraction of sp³-hybridized carbons (Fsp3) is 0.250. The topological polar surface area (TPSA) is 152 Å². The quantitative estimate of drug-likeness (QED) is 0.157. The molecule has 0 aliphatic carbocycles. The standard InChI is InChI=1S/C24H26N8O3S.ClH/c1-3-35-21(33)9-11-32(19-6-4-5-10-27-19)23(34)15-7-8-17-16(12-15)30-20(31(17)2)14-29-24-28-13-18(36-24)22(25)26;/h4-8,10,12-13H,3,9,11,14H2,1-2H3,(H3,25,26)(H,28,29);1H. The molecule has 4 aromatic rings. The molecule has 4 N–H and O–H groups in total. The summed E-state index contributed by atoms with van der Waals surface area (Å²) in [4.78, 5) is 40.7. The number of carbonyl (C=O) groups excluding carboxylic acids is 2. The van der Waals surface area contributed by atoms with Crippen molar-refractivity contribution < 1.29 is 14.3 Å². The molecule has 0 atom stereocenters. The second-order valence-corrected chi connectivity index (χ2v) is 8.82. The number of hydrogen-bond donors (Lipinski definition) is 3. The SMILES string of the molecule is CCOC(=O)CCN(C(=O)c1ccc2c(c1)nc(CNc1ncc(C(=N)N)s1)n2C)c1ccccn1.Cl. The molecule has 1 amide bonds. The number of carbonyl (C=O) groups is 2. The Morgan fingerprint density at radius 2 is 2.05 bits per heavy atom. The Balaban J connectivity index is 0.00000380. The number of halogens is 1. The second-order valence-electron chi connectivity index (χ2n) is 7.79. The number of nitrogens with one attached hydrogen (secondary N) is 2. The molecule has 0 radical (unpaired) electrons. The minimum Gasteiger partial charge on any atom is -0.466 e. The third kappa shape index (κ3) is 6.40. The number of esters is 1. The van der Waals surface area contributed by atoms with Crippen molar-refractivity contribution in [2.75, 3.05) is 23.4 Å². The number of benzene rings is 1. The molecule has 0 saturated heterocycles. The zero-order valence-electron chi connectivity index (χ0n) is 20.3. The molecule has 3 aromatic heterocycles. The molecule has 0 spiro atoms. The highest BCUT2D eigenvalue weighted by Crippen LogP contribution is 2.22. The van der Waals surface area contributed by atoms with E-state index < -0.39 is 0 Å². The number of nitrogens with two attached hydrogens (primary N) is 1. The van der Waals surface area contributed by atoms with Gasteiger partial charge in [-0.25, -0.2) is 15.0 Å². The van der Waals surface area contributed by atoms with Crippen LogP contribution < -0.4 is 16.0 Å². The molecule has 194 valence electrons. The normalized spacial score (nSPS) is 10.5. The first-order chi connectivity index (χ1) is 17.4. The zero-order chi connectivity index (χ0) is 25.7. The Labute approximate surface area is 223 Å². The van der Waals surface area contributed by atoms with E-state index in [9.17, 15) is 9.59 Å². The summed E-state index contributed by atoms with van der Waals surface area (Å²) >= 11 is 1.29. The number of ether oxygens (including phenoxy) is 1. The summed E-state index contributed by atoms with van der Waals surface area (Å²) in [5.74, 6) is 0.510. The smallest absolute Gasteiger partial charge is 0.307 e. The van der Waals surface area contributed by atoms with Crippen LogP contribution in [0.1, 0.15) is 34.4 Å². The van der Waals surface area contributed by atoms with E-state index in [2.05, 4.69) is 15.3 Å². The minimum atomic E-state index is -0.376. The number of aryl methyl sites for hydroxylation is 1. The van der Waals surface area contributed by atoms with Crippen LogP contribution in [-0.2, 0) is 23.1 Å². The average Bonchev–Trinajstić information content (AvgIpc) is 3.48. The number of amidine groups is 1. The van der Waals surface area contributed by atoms with Gasteiger partial charge in [-0.3, -0.25) is 19.9 Å². The van der Waals surface area contributed by atoms with Crippen LogP contribution >= 0.6 is 23.7 Å². The molecule has 0 unspecified atom stereocenters. The number of nitrogen functional groups attached to an aromatic ring is 1. The van der Waals surface area contributed by atoms with Gasteiger partial charge in [-0.15, -0.1) is 12.4 Å². The molecule has 0 fully saturated rings. The zero-order valence-corrected chi connectivity index (χ0v) is 21.9. The van der Waals surface area contributed by atoms with Crippen molar-refractivity contribution in [2.24, 2.45) is 12.8 Å². The predicted molar refractivity (Wildman–Crippen MR) is 146 cm³/mol. The Hall–Kier alpha value is -4.03. The highest BCUT2D eigenvalue weighted by Gasteiger charge is 2.21. The lowest BCUT2D eigenvalue weighted by molar-refractivity contribution is -0.142. The van der Waals surface area contributed by atoms with Crippen molar-refractivity contribution in [1.29, 1.82) is 5.41 Å². The third-order valence-electron chi connectivity index (χ3n) is 5.41. The van der Waals surface area contributed by atoms with E-state index in [1.54, 1.807) is 49.6 Å². The number of hydrogen-bond acceptors (Lipinski definition) is 9. The molecule has 1 aromatic carbocycles. The molecular formula is C24H27ClN8O3S. The number of nitrogens with zero attached hydrogens (tertiary/aromatic N) is 5. The number of rotatable bonds is 10. The highest BCUT2D eigenvalue weighted by atomic mass is 35.5. The summed E-state index contributed by atoms with van der Waals surface area (Å²) in [6, 6.07) is 10.6. The highest BCUT2D eigenvalue weighted by molar-refractivity contribution is 7.17. The van der Waals surface area contributed by atoms with E-state index in [1.165, 1.54) is 16.2 Å². The van der Waals surface area contributed by atoms with Gasteiger partial charge in [0.1, 0.15) is 17.5 Å². The first-order valence-corrected chi connectivity index (χ1v) is 12.1. The fourth-order valence-electron chi connectivity index (χ4n) is 3.60. The second kappa shape index (κ2) is 12.3. The molecule has 3 heterocycles. The predicted octanol–water partition coefficient (Wildman–Crippen LogP) is 3.34. The monoisotopic (exact) mass is 542 g/mol. The van der Waals surface area contributed by atoms with Crippen LogP contribution in [0.4, 0.5) is 10.9 Å². The number of imidazole rings is 1. The molecule has 11 nitrogen and oxygen atoms in total. The number of fused-ring (bicyclic) bond motifs is 1. The summed E-state index contributed by atoms with van der Waals surface area (Å²) in [5, 5.41) is 11.3. The van der Waals surface area contributed by atoms with Crippen molar-refractivity contribution >= 4 is 63.4 Å². The van der Waals surface area contributed by atoms with E-state index in [1.807, 2.05) is 17.7 Å². The van der Waals surface area contributed by atoms with Crippen molar-refractivity contribution in [3.8, 4) is 0 Å². The van der Waals surface area contributed by atoms with Crippen LogP contribution in [0.2, 0.25) is 0 Å². The molecule has 37 heavy (non-hydrogen) atoms. The number of thiazole rings is 1. The van der Waals surface area contributed by atoms with Gasteiger partial charge >= 0.3 is 5.97 Å².